The Morgan fingerprint density at radius 2 is 1.41 bits per heavy atom. The summed E-state index contributed by atoms with van der Waals surface area (Å²) >= 11 is 0. The fourth-order valence-electron chi connectivity index (χ4n) is 3.38. The van der Waals surface area contributed by atoms with Gasteiger partial charge in [0.1, 0.15) is 5.75 Å². The third kappa shape index (κ3) is 4.18. The lowest BCUT2D eigenvalue weighted by Gasteiger charge is -2.22. The van der Waals surface area contributed by atoms with Gasteiger partial charge in [0.25, 0.3) is 0 Å². The van der Waals surface area contributed by atoms with E-state index in [0.29, 0.717) is 10.6 Å². The van der Waals surface area contributed by atoms with E-state index in [1.807, 2.05) is 58.9 Å². The third-order valence-electron chi connectivity index (χ3n) is 5.43. The Balaban J connectivity index is 2.37. The number of benzene rings is 2. The number of sulfonamides is 1. The minimum absolute atomic E-state index is 0.115. The van der Waals surface area contributed by atoms with Crippen molar-refractivity contribution in [3.8, 4) is 5.75 Å². The maximum atomic E-state index is 13.1. The number of nitrogens with one attached hydrogen (secondary N) is 1. The zero-order valence-corrected chi connectivity index (χ0v) is 18.0. The summed E-state index contributed by atoms with van der Waals surface area (Å²) < 4.78 is 39.8. The first-order chi connectivity index (χ1) is 12.7. The van der Waals surface area contributed by atoms with Crippen molar-refractivity contribution >= 4 is 10.0 Å². The maximum absolute atomic E-state index is 13.1. The molecular weight excluding hydrogens is 362 g/mol. The Kier molecular flexibility index (Phi) is 6.68. The van der Waals surface area contributed by atoms with E-state index in [9.17, 15) is 8.42 Å². The Hall–Kier alpha value is -1.89. The van der Waals surface area contributed by atoms with E-state index in [-0.39, 0.29) is 6.54 Å². The predicted molar refractivity (Wildman–Crippen MR) is 108 cm³/mol. The molecule has 5 nitrogen and oxygen atoms in total. The molecule has 1 unspecified atom stereocenters. The average molecular weight is 392 g/mol. The van der Waals surface area contributed by atoms with Gasteiger partial charge >= 0.3 is 0 Å². The van der Waals surface area contributed by atoms with Gasteiger partial charge in [-0.05, 0) is 68.5 Å². The summed E-state index contributed by atoms with van der Waals surface area (Å²) in [4.78, 5) is 0.359. The Morgan fingerprint density at radius 1 is 0.889 bits per heavy atom. The first-order valence-corrected chi connectivity index (χ1v) is 10.4. The van der Waals surface area contributed by atoms with Gasteiger partial charge in [0, 0.05) is 19.2 Å². The summed E-state index contributed by atoms with van der Waals surface area (Å²) in [6.45, 7) is 9.78. The Labute approximate surface area is 162 Å². The molecule has 2 aromatic carbocycles. The molecule has 0 fully saturated rings. The van der Waals surface area contributed by atoms with Gasteiger partial charge in [-0.1, -0.05) is 18.2 Å². The van der Waals surface area contributed by atoms with E-state index in [1.54, 1.807) is 14.2 Å². The minimum atomic E-state index is -3.69. The first kappa shape index (κ1) is 21.4. The highest BCUT2D eigenvalue weighted by molar-refractivity contribution is 7.89. The van der Waals surface area contributed by atoms with Crippen LogP contribution < -0.4 is 9.46 Å². The summed E-state index contributed by atoms with van der Waals surface area (Å²) in [7, 11) is -0.546. The molecule has 1 N–H and O–H groups in total. The summed E-state index contributed by atoms with van der Waals surface area (Å²) in [5.74, 6) is 0.665. The van der Waals surface area contributed by atoms with Crippen molar-refractivity contribution in [2.45, 2.75) is 45.6 Å². The molecule has 0 aliphatic heterocycles. The number of ether oxygens (including phenoxy) is 2. The fourth-order valence-corrected chi connectivity index (χ4v) is 5.01. The fraction of sp³-hybridized carbons (Fsp3) is 0.429. The van der Waals surface area contributed by atoms with Crippen molar-refractivity contribution < 1.29 is 17.9 Å². The van der Waals surface area contributed by atoms with Crippen LogP contribution in [-0.2, 0) is 14.8 Å². The Morgan fingerprint density at radius 3 is 1.93 bits per heavy atom. The van der Waals surface area contributed by atoms with Gasteiger partial charge in [-0.25, -0.2) is 13.1 Å². The van der Waals surface area contributed by atoms with Crippen LogP contribution in [0.4, 0.5) is 0 Å². The SMILES string of the molecule is COc1ccccc1C(CNS(=O)(=O)c1c(C)c(C)c(C)c(C)c1C)OC. The number of rotatable bonds is 7. The lowest BCUT2D eigenvalue weighted by molar-refractivity contribution is 0.105. The Bertz CT molecular complexity index is 906. The predicted octanol–water partition coefficient (Wildman–Crippen LogP) is 3.90. The average Bonchev–Trinajstić information content (AvgIpc) is 2.65. The standard InChI is InChI=1S/C21H29NO4S/c1-13-14(2)16(4)21(17(5)15(13)3)27(23,24)22-12-20(26-7)18-10-8-9-11-19(18)25-6/h8-11,20,22H,12H2,1-7H3. The van der Waals surface area contributed by atoms with E-state index >= 15 is 0 Å². The molecule has 0 radical (unpaired) electrons. The van der Waals surface area contributed by atoms with Crippen LogP contribution in [0, 0.1) is 34.6 Å². The van der Waals surface area contributed by atoms with Crippen LogP contribution in [0.5, 0.6) is 5.75 Å². The van der Waals surface area contributed by atoms with Gasteiger partial charge in [-0.2, -0.15) is 0 Å². The van der Waals surface area contributed by atoms with Crippen LogP contribution in [0.25, 0.3) is 0 Å². The topological polar surface area (TPSA) is 64.6 Å². The van der Waals surface area contributed by atoms with E-state index in [2.05, 4.69) is 4.72 Å². The lowest BCUT2D eigenvalue weighted by atomic mass is 9.95. The van der Waals surface area contributed by atoms with Gasteiger partial charge in [0.2, 0.25) is 10.0 Å². The third-order valence-corrected chi connectivity index (χ3v) is 7.13. The number of para-hydroxylation sites is 1. The van der Waals surface area contributed by atoms with Crippen molar-refractivity contribution in [1.29, 1.82) is 0 Å². The summed E-state index contributed by atoms with van der Waals surface area (Å²) in [5, 5.41) is 0. The molecule has 0 saturated carbocycles. The van der Waals surface area contributed by atoms with Crippen molar-refractivity contribution in [3.63, 3.8) is 0 Å². The van der Waals surface area contributed by atoms with Gasteiger partial charge in [-0.15, -0.1) is 0 Å². The van der Waals surface area contributed by atoms with E-state index in [0.717, 1.165) is 33.4 Å². The minimum Gasteiger partial charge on any atom is -0.496 e. The molecule has 0 bridgehead atoms. The summed E-state index contributed by atoms with van der Waals surface area (Å²) in [5.41, 5.74) is 5.52. The van der Waals surface area contributed by atoms with Crippen LogP contribution >= 0.6 is 0 Å². The van der Waals surface area contributed by atoms with E-state index in [1.165, 1.54) is 0 Å². The molecule has 0 saturated heterocycles. The second-order valence-electron chi connectivity index (χ2n) is 6.77. The van der Waals surface area contributed by atoms with Gasteiger partial charge in [0.15, 0.2) is 0 Å². The molecule has 0 spiro atoms. The molecule has 0 amide bonds. The molecule has 2 aromatic rings. The highest BCUT2D eigenvalue weighted by Crippen LogP contribution is 2.30. The van der Waals surface area contributed by atoms with Crippen LogP contribution in [0.2, 0.25) is 0 Å². The highest BCUT2D eigenvalue weighted by atomic mass is 32.2. The summed E-state index contributed by atoms with van der Waals surface area (Å²) in [6.07, 6.45) is -0.454. The molecular formula is C21H29NO4S. The van der Waals surface area contributed by atoms with E-state index in [4.69, 9.17) is 9.47 Å². The van der Waals surface area contributed by atoms with Crippen LogP contribution in [-0.4, -0.2) is 29.2 Å². The first-order valence-electron chi connectivity index (χ1n) is 8.88. The monoisotopic (exact) mass is 391 g/mol. The van der Waals surface area contributed by atoms with Crippen molar-refractivity contribution in [2.75, 3.05) is 20.8 Å². The normalized spacial score (nSPS) is 12.9. The second-order valence-corrected chi connectivity index (χ2v) is 8.48. The molecule has 2 rings (SSSR count). The molecule has 6 heteroatoms. The molecule has 0 aliphatic carbocycles. The van der Waals surface area contributed by atoms with Gasteiger partial charge in [-0.3, -0.25) is 0 Å². The molecule has 148 valence electrons. The van der Waals surface area contributed by atoms with Gasteiger partial charge < -0.3 is 9.47 Å². The quantitative estimate of drug-likeness (QED) is 0.777. The van der Waals surface area contributed by atoms with Crippen LogP contribution in [0.15, 0.2) is 29.2 Å². The maximum Gasteiger partial charge on any atom is 0.241 e. The van der Waals surface area contributed by atoms with Crippen LogP contribution in [0.3, 0.4) is 0 Å². The van der Waals surface area contributed by atoms with Gasteiger partial charge in [0.05, 0.1) is 18.1 Å². The lowest BCUT2D eigenvalue weighted by Crippen LogP contribution is -2.31. The summed E-state index contributed by atoms with van der Waals surface area (Å²) in [6, 6.07) is 7.44. The second kappa shape index (κ2) is 8.42. The molecule has 0 heterocycles. The van der Waals surface area contributed by atoms with Crippen LogP contribution in [0.1, 0.15) is 39.5 Å². The number of hydrogen-bond donors (Lipinski definition) is 1. The largest absolute Gasteiger partial charge is 0.496 e. The molecule has 0 aromatic heterocycles. The zero-order chi connectivity index (χ0) is 20.4. The highest BCUT2D eigenvalue weighted by Gasteiger charge is 2.25. The molecule has 0 aliphatic rings. The van der Waals surface area contributed by atoms with Crippen molar-refractivity contribution in [3.05, 3.63) is 57.6 Å². The smallest absolute Gasteiger partial charge is 0.241 e. The van der Waals surface area contributed by atoms with E-state index < -0.39 is 16.1 Å². The molecule has 27 heavy (non-hydrogen) atoms. The number of methoxy groups -OCH3 is 2. The number of hydrogen-bond acceptors (Lipinski definition) is 4. The van der Waals surface area contributed by atoms with Crippen molar-refractivity contribution in [2.24, 2.45) is 0 Å². The molecule has 1 atom stereocenters. The zero-order valence-electron chi connectivity index (χ0n) is 17.1. The van der Waals surface area contributed by atoms with Crippen molar-refractivity contribution in [1.82, 2.24) is 4.72 Å².